The molecule has 0 heterocycles. The second-order valence-electron chi connectivity index (χ2n) is 6.04. The molecule has 0 aliphatic heterocycles. The van der Waals surface area contributed by atoms with Crippen molar-refractivity contribution < 1.29 is 23.8 Å². The van der Waals surface area contributed by atoms with Crippen LogP contribution in [0.25, 0.3) is 0 Å². The number of carbonyl (C=O) groups excluding carboxylic acids is 1. The van der Waals surface area contributed by atoms with Gasteiger partial charge in [-0.3, -0.25) is 20.2 Å². The van der Waals surface area contributed by atoms with Crippen LogP contribution >= 0.6 is 11.6 Å². The Kier molecular flexibility index (Phi) is 5.04. The van der Waals surface area contributed by atoms with Gasteiger partial charge in [-0.15, -0.1) is 0 Å². The molecule has 2 aromatic carbocycles. The molecule has 0 amide bonds. The SMILES string of the molecule is O=C(OC[C@H]1[C@H](F)[C@@H]1c1ccc(Cl)cc1)c1cc([N+](=O)[O-])cc([N+](=O)[O-])c1. The van der Waals surface area contributed by atoms with E-state index in [1.54, 1.807) is 24.3 Å². The van der Waals surface area contributed by atoms with Crippen LogP contribution in [0, 0.1) is 26.1 Å². The van der Waals surface area contributed by atoms with Crippen LogP contribution in [0.15, 0.2) is 42.5 Å². The molecule has 0 N–H and O–H groups in total. The molecule has 0 aromatic heterocycles. The van der Waals surface area contributed by atoms with Crippen LogP contribution in [-0.2, 0) is 4.74 Å². The van der Waals surface area contributed by atoms with Gasteiger partial charge in [-0.1, -0.05) is 23.7 Å². The number of hydrogen-bond donors (Lipinski definition) is 0. The quantitative estimate of drug-likeness (QED) is 0.414. The predicted octanol–water partition coefficient (Wildman–Crippen LogP) is 4.06. The zero-order valence-electron chi connectivity index (χ0n) is 13.6. The molecule has 1 aliphatic rings. The molecule has 3 rings (SSSR count). The molecule has 0 saturated heterocycles. The van der Waals surface area contributed by atoms with E-state index in [2.05, 4.69) is 0 Å². The summed E-state index contributed by atoms with van der Waals surface area (Å²) in [6.07, 6.45) is -1.20. The van der Waals surface area contributed by atoms with Crippen LogP contribution in [-0.4, -0.2) is 28.6 Å². The van der Waals surface area contributed by atoms with Gasteiger partial charge in [-0.2, -0.15) is 0 Å². The maximum absolute atomic E-state index is 14.0. The molecule has 0 spiro atoms. The average Bonchev–Trinajstić information content (AvgIpc) is 3.29. The zero-order valence-corrected chi connectivity index (χ0v) is 14.3. The minimum Gasteiger partial charge on any atom is -0.462 e. The lowest BCUT2D eigenvalue weighted by molar-refractivity contribution is -0.394. The highest BCUT2D eigenvalue weighted by Crippen LogP contribution is 2.50. The van der Waals surface area contributed by atoms with Crippen molar-refractivity contribution in [2.45, 2.75) is 12.1 Å². The first-order valence-electron chi connectivity index (χ1n) is 7.78. The number of carbonyl (C=O) groups is 1. The molecule has 1 saturated carbocycles. The normalized spacial score (nSPS) is 20.7. The molecule has 0 bridgehead atoms. The van der Waals surface area contributed by atoms with Gasteiger partial charge in [0, 0.05) is 29.0 Å². The van der Waals surface area contributed by atoms with E-state index >= 15 is 0 Å². The molecular formula is C17H12ClFN2O6. The van der Waals surface area contributed by atoms with Crippen LogP contribution in [0.2, 0.25) is 5.02 Å². The number of nitro benzene ring substituents is 2. The van der Waals surface area contributed by atoms with E-state index in [-0.39, 0.29) is 12.2 Å². The summed E-state index contributed by atoms with van der Waals surface area (Å²) in [6, 6.07) is 9.14. The molecule has 27 heavy (non-hydrogen) atoms. The molecule has 3 atom stereocenters. The van der Waals surface area contributed by atoms with Crippen molar-refractivity contribution in [2.75, 3.05) is 6.61 Å². The summed E-state index contributed by atoms with van der Waals surface area (Å²) in [5.41, 5.74) is -0.830. The Morgan fingerprint density at radius 3 is 2.15 bits per heavy atom. The van der Waals surface area contributed by atoms with Crippen LogP contribution in [0.5, 0.6) is 0 Å². The van der Waals surface area contributed by atoms with Crippen molar-refractivity contribution in [1.29, 1.82) is 0 Å². The Balaban J connectivity index is 1.68. The molecule has 0 radical (unpaired) electrons. The Morgan fingerprint density at radius 1 is 1.07 bits per heavy atom. The number of non-ortho nitro benzene ring substituents is 2. The summed E-state index contributed by atoms with van der Waals surface area (Å²) in [4.78, 5) is 32.1. The number of hydrogen-bond acceptors (Lipinski definition) is 6. The fraction of sp³-hybridized carbons (Fsp3) is 0.235. The first kappa shape index (κ1) is 18.7. The van der Waals surface area contributed by atoms with Gasteiger partial charge >= 0.3 is 5.97 Å². The molecule has 0 unspecified atom stereocenters. The van der Waals surface area contributed by atoms with Gasteiger partial charge in [-0.25, -0.2) is 9.18 Å². The van der Waals surface area contributed by atoms with E-state index in [1.165, 1.54) is 0 Å². The van der Waals surface area contributed by atoms with Gasteiger partial charge < -0.3 is 4.74 Å². The maximum Gasteiger partial charge on any atom is 0.338 e. The topological polar surface area (TPSA) is 113 Å². The lowest BCUT2D eigenvalue weighted by Crippen LogP contribution is -2.10. The third-order valence-electron chi connectivity index (χ3n) is 4.29. The van der Waals surface area contributed by atoms with Crippen molar-refractivity contribution in [2.24, 2.45) is 5.92 Å². The summed E-state index contributed by atoms with van der Waals surface area (Å²) >= 11 is 5.79. The number of rotatable bonds is 6. The molecular weight excluding hydrogens is 383 g/mol. The molecule has 1 aliphatic carbocycles. The Labute approximate surface area is 156 Å². The lowest BCUT2D eigenvalue weighted by atomic mass is 10.1. The second kappa shape index (κ2) is 7.28. The molecule has 1 fully saturated rings. The smallest absolute Gasteiger partial charge is 0.338 e. The van der Waals surface area contributed by atoms with Crippen molar-refractivity contribution in [3.05, 3.63) is 78.8 Å². The summed E-state index contributed by atoms with van der Waals surface area (Å²) in [6.45, 7) is -0.246. The van der Waals surface area contributed by atoms with Crippen LogP contribution in [0.3, 0.4) is 0 Å². The van der Waals surface area contributed by atoms with Crippen LogP contribution in [0.4, 0.5) is 15.8 Å². The fourth-order valence-electron chi connectivity index (χ4n) is 2.82. The first-order valence-corrected chi connectivity index (χ1v) is 8.16. The summed E-state index contributed by atoms with van der Waals surface area (Å²) in [5, 5.41) is 22.2. The van der Waals surface area contributed by atoms with Gasteiger partial charge in [0.15, 0.2) is 0 Å². The highest BCUT2D eigenvalue weighted by Gasteiger charge is 2.52. The van der Waals surface area contributed by atoms with E-state index in [0.29, 0.717) is 5.02 Å². The highest BCUT2D eigenvalue weighted by molar-refractivity contribution is 6.30. The number of halogens is 2. The molecule has 10 heteroatoms. The van der Waals surface area contributed by atoms with Crippen molar-refractivity contribution in [3.8, 4) is 0 Å². The monoisotopic (exact) mass is 394 g/mol. The highest BCUT2D eigenvalue weighted by atomic mass is 35.5. The van der Waals surface area contributed by atoms with Gasteiger partial charge in [-0.05, 0) is 17.7 Å². The number of benzene rings is 2. The van der Waals surface area contributed by atoms with E-state index in [4.69, 9.17) is 16.3 Å². The maximum atomic E-state index is 14.0. The van der Waals surface area contributed by atoms with Crippen molar-refractivity contribution in [3.63, 3.8) is 0 Å². The minimum absolute atomic E-state index is 0.246. The van der Waals surface area contributed by atoms with Gasteiger partial charge in [0.25, 0.3) is 11.4 Å². The van der Waals surface area contributed by atoms with Crippen LogP contribution in [0.1, 0.15) is 21.8 Å². The Bertz CT molecular complexity index is 888. The van der Waals surface area contributed by atoms with E-state index in [0.717, 1.165) is 23.8 Å². The summed E-state index contributed by atoms with van der Waals surface area (Å²) < 4.78 is 19.0. The van der Waals surface area contributed by atoms with Gasteiger partial charge in [0.2, 0.25) is 0 Å². The molecule has 2 aromatic rings. The number of ether oxygens (including phenoxy) is 1. The fourth-order valence-corrected chi connectivity index (χ4v) is 2.95. The third kappa shape index (κ3) is 4.03. The molecule has 8 nitrogen and oxygen atoms in total. The minimum atomic E-state index is -1.20. The third-order valence-corrected chi connectivity index (χ3v) is 4.55. The van der Waals surface area contributed by atoms with Crippen LogP contribution < -0.4 is 0 Å². The van der Waals surface area contributed by atoms with E-state index in [9.17, 15) is 29.4 Å². The lowest BCUT2D eigenvalue weighted by Gasteiger charge is -2.05. The van der Waals surface area contributed by atoms with Gasteiger partial charge in [0.05, 0.1) is 28.1 Å². The standard InChI is InChI=1S/C17H12ClFN2O6/c18-11-3-1-9(2-4-11)15-14(16(15)19)8-27-17(22)10-5-12(20(23)24)7-13(6-10)21(25)26/h1-7,14-16H,8H2/t14-,15-,16+/m1/s1. The van der Waals surface area contributed by atoms with Gasteiger partial charge in [0.1, 0.15) is 6.17 Å². The predicted molar refractivity (Wildman–Crippen MR) is 92.6 cm³/mol. The summed E-state index contributed by atoms with van der Waals surface area (Å²) in [5.74, 6) is -1.98. The molecule has 140 valence electrons. The zero-order chi connectivity index (χ0) is 19.7. The number of nitrogens with zero attached hydrogens (tertiary/aromatic N) is 2. The second-order valence-corrected chi connectivity index (χ2v) is 6.47. The van der Waals surface area contributed by atoms with E-state index < -0.39 is 45.2 Å². The Morgan fingerprint density at radius 2 is 1.63 bits per heavy atom. The number of nitro groups is 2. The number of alkyl halides is 1. The first-order chi connectivity index (χ1) is 12.8. The van der Waals surface area contributed by atoms with Crippen molar-refractivity contribution >= 4 is 28.9 Å². The largest absolute Gasteiger partial charge is 0.462 e. The Hall–Kier alpha value is -3.07. The summed E-state index contributed by atoms with van der Waals surface area (Å²) in [7, 11) is 0. The number of esters is 1. The van der Waals surface area contributed by atoms with E-state index in [1.807, 2.05) is 0 Å². The average molecular weight is 395 g/mol. The van der Waals surface area contributed by atoms with Crippen molar-refractivity contribution in [1.82, 2.24) is 0 Å².